The van der Waals surface area contributed by atoms with Gasteiger partial charge < -0.3 is 28.4 Å². The number of ether oxygens (including phenoxy) is 6. The first-order valence-corrected chi connectivity index (χ1v) is 27.3. The van der Waals surface area contributed by atoms with Crippen LogP contribution in [0.4, 0.5) is 10.5 Å². The Labute approximate surface area is 415 Å². The summed E-state index contributed by atoms with van der Waals surface area (Å²) in [6, 6.07) is 4.88. The number of esters is 4. The maximum atomic E-state index is 13.1. The Morgan fingerprint density at radius 2 is 0.783 bits per heavy atom. The summed E-state index contributed by atoms with van der Waals surface area (Å²) in [6.07, 6.45) is 30.3. The van der Waals surface area contributed by atoms with E-state index in [9.17, 15) is 34.1 Å². The zero-order chi connectivity index (χ0) is 50.6. The second-order valence-corrected chi connectivity index (χ2v) is 18.8. The summed E-state index contributed by atoms with van der Waals surface area (Å²) in [5, 5.41) is 11.0. The van der Waals surface area contributed by atoms with Crippen LogP contribution in [0.2, 0.25) is 0 Å². The van der Waals surface area contributed by atoms with Gasteiger partial charge in [0.2, 0.25) is 0 Å². The lowest BCUT2D eigenvalue weighted by molar-refractivity contribution is -0.384. The largest absolute Gasteiger partial charge is 0.513 e. The summed E-state index contributed by atoms with van der Waals surface area (Å²) in [4.78, 5) is 74.9. The monoisotopic (exact) mass is 976 g/mol. The first-order chi connectivity index (χ1) is 33.5. The normalized spacial score (nSPS) is 11.2. The quantitative estimate of drug-likeness (QED) is 0.0150. The molecule has 1 rings (SSSR count). The highest BCUT2D eigenvalue weighted by Gasteiger charge is 2.23. The molecule has 0 bridgehead atoms. The molecule has 0 N–H and O–H groups in total. The van der Waals surface area contributed by atoms with E-state index in [0.717, 1.165) is 77.0 Å². The fraction of sp³-hybridized carbons (Fsp3) is 0.800. The Balaban J connectivity index is 2.72. The van der Waals surface area contributed by atoms with Gasteiger partial charge in [0.1, 0.15) is 25.6 Å². The number of non-ortho nitro benzene ring substituents is 1. The molecule has 0 radical (unpaired) electrons. The number of hydrogen-bond donors (Lipinski definition) is 0. The molecule has 1 aromatic carbocycles. The van der Waals surface area contributed by atoms with Gasteiger partial charge >= 0.3 is 30.0 Å². The summed E-state index contributed by atoms with van der Waals surface area (Å²) in [5.41, 5.74) is -0.178. The van der Waals surface area contributed by atoms with Crippen molar-refractivity contribution in [3.05, 3.63) is 34.4 Å². The first kappa shape index (κ1) is 62.8. The molecule has 0 aromatic heterocycles. The van der Waals surface area contributed by atoms with Crippen LogP contribution >= 0.6 is 0 Å². The van der Waals surface area contributed by atoms with Crippen molar-refractivity contribution >= 4 is 35.7 Å². The van der Waals surface area contributed by atoms with E-state index in [0.29, 0.717) is 0 Å². The van der Waals surface area contributed by atoms with Crippen LogP contribution in [-0.4, -0.2) is 68.0 Å². The van der Waals surface area contributed by atoms with Crippen LogP contribution in [0.1, 0.15) is 233 Å². The van der Waals surface area contributed by atoms with E-state index in [1.807, 2.05) is 0 Å². The predicted octanol–water partition coefficient (Wildman–Crippen LogP) is 14.7. The predicted molar refractivity (Wildman–Crippen MR) is 270 cm³/mol. The van der Waals surface area contributed by atoms with Crippen LogP contribution in [-0.2, 0) is 42.9 Å². The number of benzene rings is 1. The van der Waals surface area contributed by atoms with Crippen LogP contribution in [0, 0.1) is 27.9 Å². The van der Waals surface area contributed by atoms with Crippen molar-refractivity contribution in [2.75, 3.05) is 33.0 Å². The van der Waals surface area contributed by atoms with E-state index in [1.54, 1.807) is 0 Å². The number of rotatable bonds is 46. The van der Waals surface area contributed by atoms with Crippen molar-refractivity contribution in [3.8, 4) is 5.75 Å². The number of hydrogen-bond acceptors (Lipinski definition) is 13. The third kappa shape index (κ3) is 35.5. The van der Waals surface area contributed by atoms with E-state index in [2.05, 4.69) is 27.7 Å². The summed E-state index contributed by atoms with van der Waals surface area (Å²) < 4.78 is 32.7. The maximum Gasteiger partial charge on any atom is 0.513 e. The van der Waals surface area contributed by atoms with Crippen LogP contribution in [0.3, 0.4) is 0 Å². The van der Waals surface area contributed by atoms with Gasteiger partial charge in [0.15, 0.2) is 0 Å². The molecule has 0 saturated heterocycles. The molecule has 0 fully saturated rings. The van der Waals surface area contributed by atoms with Crippen LogP contribution < -0.4 is 4.74 Å². The van der Waals surface area contributed by atoms with Gasteiger partial charge in [-0.1, -0.05) is 182 Å². The first-order valence-electron chi connectivity index (χ1n) is 27.3. The summed E-state index contributed by atoms with van der Waals surface area (Å²) in [5.74, 6) is -2.56. The number of carbonyl (C=O) groups excluding carboxylic acids is 5. The molecular formula is C55H93NO13. The minimum Gasteiger partial charge on any atom is -0.465 e. The van der Waals surface area contributed by atoms with Crippen molar-refractivity contribution in [3.63, 3.8) is 0 Å². The number of unbranched alkanes of at least 4 members (excludes halogenated alkanes) is 20. The average Bonchev–Trinajstić information content (AvgIpc) is 3.34. The molecule has 0 saturated carbocycles. The zero-order valence-electron chi connectivity index (χ0n) is 43.5. The van der Waals surface area contributed by atoms with Gasteiger partial charge in [0.25, 0.3) is 5.69 Å². The minimum atomic E-state index is -1.10. The molecule has 0 aliphatic carbocycles. The van der Waals surface area contributed by atoms with Gasteiger partial charge in [-0.05, 0) is 50.7 Å². The Morgan fingerprint density at radius 3 is 1.13 bits per heavy atom. The van der Waals surface area contributed by atoms with Gasteiger partial charge in [-0.25, -0.2) is 4.79 Å². The molecule has 14 heteroatoms. The molecule has 0 aliphatic heterocycles. The lowest BCUT2D eigenvalue weighted by atomic mass is 9.94. The van der Waals surface area contributed by atoms with Gasteiger partial charge in [-0.3, -0.25) is 29.3 Å². The molecule has 0 aliphatic rings. The zero-order valence-corrected chi connectivity index (χ0v) is 43.5. The van der Waals surface area contributed by atoms with Crippen LogP contribution in [0.25, 0.3) is 0 Å². The molecule has 396 valence electrons. The fourth-order valence-electron chi connectivity index (χ4n) is 8.12. The highest BCUT2D eigenvalue weighted by molar-refractivity contribution is 5.73. The van der Waals surface area contributed by atoms with E-state index in [-0.39, 0.29) is 93.9 Å². The molecule has 0 unspecified atom stereocenters. The maximum absolute atomic E-state index is 13.1. The van der Waals surface area contributed by atoms with Crippen LogP contribution in [0.15, 0.2) is 24.3 Å². The molecule has 0 amide bonds. The van der Waals surface area contributed by atoms with Crippen molar-refractivity contribution < 1.29 is 57.3 Å². The van der Waals surface area contributed by atoms with Gasteiger partial charge in [0.05, 0.1) is 35.9 Å². The van der Waals surface area contributed by atoms with Gasteiger partial charge in [-0.2, -0.15) is 0 Å². The molecular weight excluding hydrogens is 883 g/mol. The van der Waals surface area contributed by atoms with E-state index < -0.39 is 28.9 Å². The van der Waals surface area contributed by atoms with Crippen molar-refractivity contribution in [2.24, 2.45) is 17.8 Å². The van der Waals surface area contributed by atoms with Crippen molar-refractivity contribution in [2.45, 2.75) is 233 Å². The van der Waals surface area contributed by atoms with Crippen LogP contribution in [0.5, 0.6) is 5.75 Å². The van der Waals surface area contributed by atoms with Crippen molar-refractivity contribution in [1.82, 2.24) is 0 Å². The summed E-state index contributed by atoms with van der Waals surface area (Å²) in [7, 11) is 0. The third-order valence-electron chi connectivity index (χ3n) is 12.5. The van der Waals surface area contributed by atoms with E-state index in [4.69, 9.17) is 28.4 Å². The van der Waals surface area contributed by atoms with Gasteiger partial charge in [-0.15, -0.1) is 0 Å². The smallest absolute Gasteiger partial charge is 0.465 e. The second kappa shape index (κ2) is 43.8. The highest BCUT2D eigenvalue weighted by atomic mass is 16.7. The lowest BCUT2D eigenvalue weighted by Crippen LogP contribution is -2.27. The Bertz CT molecular complexity index is 1380. The topological polar surface area (TPSA) is 184 Å². The number of nitrogens with zero attached hydrogens (tertiary/aromatic N) is 1. The molecule has 0 atom stereocenters. The number of nitro benzene ring substituents is 1. The standard InChI is InChI=1S/C55H93NO13/c1-5-9-13-17-21-25-31-47(32-26-22-18-14-10-6-2)53(59)64-41-29-35-51(57)66-43-46(45-68-55(61)69-50-39-37-49(38-40-50)56(62)63)44-67-52(58)36-30-42-65-54(60)48(33-27-23-19-15-11-7-3)34-28-24-20-16-12-8-4/h37-40,46-48H,5-36,41-45H2,1-4H3. The number of carbonyl (C=O) groups is 5. The molecule has 69 heavy (non-hydrogen) atoms. The average molecular weight is 976 g/mol. The third-order valence-corrected chi connectivity index (χ3v) is 12.5. The second-order valence-electron chi connectivity index (χ2n) is 18.8. The molecule has 1 aromatic rings. The highest BCUT2D eigenvalue weighted by Crippen LogP contribution is 2.23. The Hall–Kier alpha value is -4.23. The molecule has 14 nitrogen and oxygen atoms in total. The fourth-order valence-corrected chi connectivity index (χ4v) is 8.12. The Morgan fingerprint density at radius 1 is 0.449 bits per heavy atom. The molecule has 0 heterocycles. The molecule has 0 spiro atoms. The van der Waals surface area contributed by atoms with Crippen molar-refractivity contribution in [1.29, 1.82) is 0 Å². The summed E-state index contributed by atoms with van der Waals surface area (Å²) >= 11 is 0. The van der Waals surface area contributed by atoms with Gasteiger partial charge in [0, 0.05) is 25.0 Å². The SMILES string of the molecule is CCCCCCCCC(CCCCCCCC)C(=O)OCCCC(=O)OCC(COC(=O)CCCOC(=O)C(CCCCCCCC)CCCCCCCC)COC(=O)Oc1ccc([N+](=O)[O-])cc1. The van der Waals surface area contributed by atoms with E-state index >= 15 is 0 Å². The number of nitro groups is 1. The summed E-state index contributed by atoms with van der Waals surface area (Å²) in [6.45, 7) is 8.14. The minimum absolute atomic E-state index is 0.0140. The lowest BCUT2D eigenvalue weighted by Gasteiger charge is -2.18. The Kier molecular flexibility index (Phi) is 39.8. The van der Waals surface area contributed by atoms with E-state index in [1.165, 1.54) is 127 Å².